The van der Waals surface area contributed by atoms with Crippen molar-refractivity contribution in [1.29, 1.82) is 0 Å². The van der Waals surface area contributed by atoms with Gasteiger partial charge in [0, 0.05) is 24.4 Å². The van der Waals surface area contributed by atoms with Gasteiger partial charge in [-0.3, -0.25) is 9.48 Å². The Bertz CT molecular complexity index is 880. The molecule has 0 bridgehead atoms. The van der Waals surface area contributed by atoms with Crippen LogP contribution in [-0.4, -0.2) is 24.1 Å². The van der Waals surface area contributed by atoms with Gasteiger partial charge < -0.3 is 0 Å². The zero-order chi connectivity index (χ0) is 17.2. The largest absolute Gasteiger partial charge is 0.272 e. The standard InChI is InChI=1S/C16H19N3O3S/c1-11-7-5-6-8-15(11)23(21,22)18-16(20)10-9-14-12(2)17-19(4)13(14)3/h5-10H,1-4H3,(H,18,20)/b10-9-. The summed E-state index contributed by atoms with van der Waals surface area (Å²) in [5.41, 5.74) is 3.05. The lowest BCUT2D eigenvalue weighted by atomic mass is 10.2. The van der Waals surface area contributed by atoms with Crippen LogP contribution in [0.4, 0.5) is 0 Å². The van der Waals surface area contributed by atoms with Crippen molar-refractivity contribution in [2.24, 2.45) is 7.05 Å². The maximum absolute atomic E-state index is 12.2. The van der Waals surface area contributed by atoms with Crippen LogP contribution < -0.4 is 4.72 Å². The first-order valence-corrected chi connectivity index (χ1v) is 8.51. The molecule has 0 spiro atoms. The van der Waals surface area contributed by atoms with Crippen molar-refractivity contribution < 1.29 is 13.2 Å². The third-order valence-corrected chi connectivity index (χ3v) is 5.09. The summed E-state index contributed by atoms with van der Waals surface area (Å²) in [6.07, 6.45) is 2.77. The zero-order valence-corrected chi connectivity index (χ0v) is 14.3. The molecule has 0 saturated heterocycles. The second-order valence-corrected chi connectivity index (χ2v) is 6.93. The monoisotopic (exact) mass is 333 g/mol. The molecule has 23 heavy (non-hydrogen) atoms. The van der Waals surface area contributed by atoms with Gasteiger partial charge in [-0.15, -0.1) is 0 Å². The van der Waals surface area contributed by atoms with Crippen molar-refractivity contribution in [3.05, 3.63) is 52.9 Å². The fraction of sp³-hybridized carbons (Fsp3) is 0.250. The highest BCUT2D eigenvalue weighted by Gasteiger charge is 2.18. The van der Waals surface area contributed by atoms with Crippen molar-refractivity contribution in [1.82, 2.24) is 14.5 Å². The van der Waals surface area contributed by atoms with E-state index in [-0.39, 0.29) is 4.90 Å². The van der Waals surface area contributed by atoms with Gasteiger partial charge in [0.25, 0.3) is 15.9 Å². The quantitative estimate of drug-likeness (QED) is 0.866. The fourth-order valence-electron chi connectivity index (χ4n) is 2.27. The number of benzene rings is 1. The maximum Gasteiger partial charge on any atom is 0.264 e. The van der Waals surface area contributed by atoms with E-state index < -0.39 is 15.9 Å². The van der Waals surface area contributed by atoms with Crippen molar-refractivity contribution in [2.45, 2.75) is 25.7 Å². The summed E-state index contributed by atoms with van der Waals surface area (Å²) >= 11 is 0. The zero-order valence-electron chi connectivity index (χ0n) is 13.5. The van der Waals surface area contributed by atoms with E-state index in [1.165, 1.54) is 12.1 Å². The smallest absolute Gasteiger partial charge is 0.264 e. The summed E-state index contributed by atoms with van der Waals surface area (Å²) in [5.74, 6) is -0.698. The molecule has 1 heterocycles. The molecule has 2 aromatic rings. The van der Waals surface area contributed by atoms with E-state index in [0.29, 0.717) is 5.56 Å². The maximum atomic E-state index is 12.2. The Morgan fingerprint density at radius 2 is 1.87 bits per heavy atom. The minimum Gasteiger partial charge on any atom is -0.272 e. The van der Waals surface area contributed by atoms with E-state index >= 15 is 0 Å². The Morgan fingerprint density at radius 1 is 1.22 bits per heavy atom. The molecule has 7 heteroatoms. The number of carbonyl (C=O) groups is 1. The number of amides is 1. The van der Waals surface area contributed by atoms with Crippen LogP contribution in [0.15, 0.2) is 35.2 Å². The van der Waals surface area contributed by atoms with Crippen molar-refractivity contribution in [3.63, 3.8) is 0 Å². The number of sulfonamides is 1. The number of hydrogen-bond donors (Lipinski definition) is 1. The van der Waals surface area contributed by atoms with Crippen LogP contribution in [0.3, 0.4) is 0 Å². The van der Waals surface area contributed by atoms with Gasteiger partial charge in [0.05, 0.1) is 10.6 Å². The van der Waals surface area contributed by atoms with Gasteiger partial charge in [0.1, 0.15) is 0 Å². The molecule has 0 saturated carbocycles. The second kappa shape index (κ2) is 6.37. The first-order valence-electron chi connectivity index (χ1n) is 7.03. The summed E-state index contributed by atoms with van der Waals surface area (Å²) in [6, 6.07) is 6.50. The number of rotatable bonds is 4. The Balaban J connectivity index is 2.19. The fourth-order valence-corrected chi connectivity index (χ4v) is 3.46. The minimum absolute atomic E-state index is 0.0930. The van der Waals surface area contributed by atoms with Crippen LogP contribution in [0, 0.1) is 20.8 Å². The molecular weight excluding hydrogens is 314 g/mol. The van der Waals surface area contributed by atoms with Gasteiger partial charge in [0.2, 0.25) is 0 Å². The van der Waals surface area contributed by atoms with E-state index in [0.717, 1.165) is 17.0 Å². The molecule has 2 rings (SSSR count). The lowest BCUT2D eigenvalue weighted by Gasteiger charge is -2.07. The van der Waals surface area contributed by atoms with Crippen LogP contribution in [0.2, 0.25) is 0 Å². The molecule has 1 amide bonds. The van der Waals surface area contributed by atoms with Gasteiger partial charge >= 0.3 is 0 Å². The highest BCUT2D eigenvalue weighted by atomic mass is 32.2. The van der Waals surface area contributed by atoms with E-state index in [1.54, 1.807) is 35.9 Å². The number of aromatic nitrogens is 2. The Hall–Kier alpha value is -2.41. The molecule has 0 aliphatic rings. The summed E-state index contributed by atoms with van der Waals surface area (Å²) < 4.78 is 28.2. The molecule has 0 unspecified atom stereocenters. The van der Waals surface area contributed by atoms with Gasteiger partial charge in [-0.2, -0.15) is 5.10 Å². The molecule has 1 aromatic heterocycles. The molecule has 0 aliphatic carbocycles. The highest BCUT2D eigenvalue weighted by molar-refractivity contribution is 7.90. The summed E-state index contributed by atoms with van der Waals surface area (Å²) in [4.78, 5) is 12.0. The number of carbonyl (C=O) groups excluding carboxylic acids is 1. The number of hydrogen-bond acceptors (Lipinski definition) is 4. The first-order chi connectivity index (χ1) is 10.7. The van der Waals surface area contributed by atoms with Gasteiger partial charge in [0.15, 0.2) is 0 Å². The van der Waals surface area contributed by atoms with E-state index in [4.69, 9.17) is 0 Å². The summed E-state index contributed by atoms with van der Waals surface area (Å²) in [7, 11) is -2.07. The minimum atomic E-state index is -3.88. The molecule has 1 aromatic carbocycles. The van der Waals surface area contributed by atoms with Crippen molar-refractivity contribution >= 4 is 22.0 Å². The number of nitrogens with one attached hydrogen (secondary N) is 1. The number of nitrogens with zero attached hydrogens (tertiary/aromatic N) is 2. The normalized spacial score (nSPS) is 11.8. The molecule has 1 N–H and O–H groups in total. The second-order valence-electron chi connectivity index (χ2n) is 5.28. The van der Waals surface area contributed by atoms with E-state index in [9.17, 15) is 13.2 Å². The molecule has 0 atom stereocenters. The Morgan fingerprint density at radius 3 is 2.43 bits per heavy atom. The van der Waals surface area contributed by atoms with Crippen molar-refractivity contribution in [2.75, 3.05) is 0 Å². The van der Waals surface area contributed by atoms with Crippen LogP contribution in [0.5, 0.6) is 0 Å². The van der Waals surface area contributed by atoms with Gasteiger partial charge in [-0.05, 0) is 38.5 Å². The molecule has 0 radical (unpaired) electrons. The third kappa shape index (κ3) is 3.68. The molecule has 6 nitrogen and oxygen atoms in total. The Labute approximate surface area is 135 Å². The molecule has 0 aliphatic heterocycles. The summed E-state index contributed by atoms with van der Waals surface area (Å²) in [6.45, 7) is 5.38. The topological polar surface area (TPSA) is 81.1 Å². The van der Waals surface area contributed by atoms with Crippen LogP contribution in [0.1, 0.15) is 22.5 Å². The van der Waals surface area contributed by atoms with Crippen LogP contribution in [-0.2, 0) is 21.9 Å². The van der Waals surface area contributed by atoms with E-state index in [2.05, 4.69) is 5.10 Å². The predicted molar refractivity (Wildman–Crippen MR) is 88.2 cm³/mol. The van der Waals surface area contributed by atoms with Crippen LogP contribution in [0.25, 0.3) is 6.08 Å². The SMILES string of the molecule is Cc1ccccc1S(=O)(=O)NC(=O)/C=C\c1c(C)nn(C)c1C. The number of aryl methyl sites for hydroxylation is 3. The lowest BCUT2D eigenvalue weighted by Crippen LogP contribution is -2.29. The Kier molecular flexibility index (Phi) is 4.70. The van der Waals surface area contributed by atoms with Crippen molar-refractivity contribution in [3.8, 4) is 0 Å². The highest BCUT2D eigenvalue weighted by Crippen LogP contribution is 2.15. The van der Waals surface area contributed by atoms with E-state index in [1.807, 2.05) is 25.6 Å². The van der Waals surface area contributed by atoms with Crippen LogP contribution >= 0.6 is 0 Å². The average Bonchev–Trinajstić information content (AvgIpc) is 2.70. The average molecular weight is 333 g/mol. The first kappa shape index (κ1) is 17.0. The van der Waals surface area contributed by atoms with Gasteiger partial charge in [-0.1, -0.05) is 18.2 Å². The molecule has 0 fully saturated rings. The van der Waals surface area contributed by atoms with Gasteiger partial charge in [-0.25, -0.2) is 13.1 Å². The third-order valence-electron chi connectivity index (χ3n) is 3.58. The predicted octanol–water partition coefficient (Wildman–Crippen LogP) is 1.86. The lowest BCUT2D eigenvalue weighted by molar-refractivity contribution is -0.114. The molecular formula is C16H19N3O3S. The summed E-state index contributed by atoms with van der Waals surface area (Å²) in [5, 5.41) is 4.24. The molecule has 122 valence electrons.